The molecule has 0 aliphatic carbocycles. The average molecular weight is 396 g/mol. The first kappa shape index (κ1) is 15.2. The van der Waals surface area contributed by atoms with Crippen LogP contribution in [0.25, 0.3) is 0 Å². The molecule has 0 aromatic heterocycles. The van der Waals surface area contributed by atoms with Gasteiger partial charge in [-0.25, -0.2) is 0 Å². The fourth-order valence-corrected chi connectivity index (χ4v) is 7.63. The van der Waals surface area contributed by atoms with Crippen molar-refractivity contribution in [2.45, 2.75) is 0 Å². The molecule has 0 saturated heterocycles. The monoisotopic (exact) mass is 395 g/mol. The second-order valence-electron chi connectivity index (χ2n) is 1.95. The fourth-order valence-electron chi connectivity index (χ4n) is 0.354. The molecule has 0 radical (unpaired) electrons. The Kier molecular flexibility index (Phi) is 2.95. The van der Waals surface area contributed by atoms with Crippen LogP contribution in [0.4, 0.5) is 19.0 Å². The van der Waals surface area contributed by atoms with Crippen molar-refractivity contribution in [3.63, 3.8) is 0 Å². The van der Waals surface area contributed by atoms with Crippen LogP contribution >= 0.6 is 0 Å². The van der Waals surface area contributed by atoms with Crippen LogP contribution in [0.2, 0.25) is 0 Å². The molecular formula is F6O6S2Sb-. The molecule has 0 atom stereocenters. The maximum absolute atomic E-state index is 12.0. The van der Waals surface area contributed by atoms with Crippen LogP contribution in [-0.2, 0) is 25.9 Å². The van der Waals surface area contributed by atoms with Crippen molar-refractivity contribution in [2.24, 2.45) is 0 Å². The van der Waals surface area contributed by atoms with Crippen molar-refractivity contribution in [2.75, 3.05) is 0 Å². The molecule has 6 nitrogen and oxygen atoms in total. The summed E-state index contributed by atoms with van der Waals surface area (Å²) in [6.45, 7) is 0. The maximum atomic E-state index is 12.0. The first-order valence-electron chi connectivity index (χ1n) is 2.35. The number of hydrogen-bond donors (Lipinski definition) is 0. The predicted molar refractivity (Wildman–Crippen MR) is 32.4 cm³/mol. The van der Waals surface area contributed by atoms with Gasteiger partial charge in [0.25, 0.3) is 0 Å². The van der Waals surface area contributed by atoms with E-state index in [0.717, 1.165) is 0 Å². The summed E-state index contributed by atoms with van der Waals surface area (Å²) < 4.78 is 111. The van der Waals surface area contributed by atoms with Gasteiger partial charge in [-0.3, -0.25) is 0 Å². The summed E-state index contributed by atoms with van der Waals surface area (Å²) in [5.74, 6) is 0. The quantitative estimate of drug-likeness (QED) is 0.395. The molecule has 0 bridgehead atoms. The van der Waals surface area contributed by atoms with Gasteiger partial charge in [-0.15, -0.1) is 0 Å². The summed E-state index contributed by atoms with van der Waals surface area (Å²) in [7, 11) is -13.9. The van der Waals surface area contributed by atoms with Gasteiger partial charge in [0.05, 0.1) is 0 Å². The third-order valence-corrected chi connectivity index (χ3v) is 9.34. The SMILES string of the molecule is O=S(=O)(F)[O][Sb-]([F])([F])([F])([F])[O]S(=O)(=O)F. The standard InChI is InChI=1S/2FHO3S.4FH.Sb/c2*1-5(2,3)4;;;;;/h2*(H,2,3,4);4*1H;/q;;;;;;+5/p-6. The van der Waals surface area contributed by atoms with Crippen molar-refractivity contribution in [3.8, 4) is 0 Å². The molecule has 0 aromatic carbocycles. The van der Waals surface area contributed by atoms with Gasteiger partial charge in [0.1, 0.15) is 0 Å². The third-order valence-electron chi connectivity index (χ3n) is 0.464. The summed E-state index contributed by atoms with van der Waals surface area (Å²) in [4.78, 5) is 0. The molecular weight excluding hydrogens is 396 g/mol. The van der Waals surface area contributed by atoms with Crippen LogP contribution in [0.5, 0.6) is 0 Å². The molecule has 0 amide bonds. The Hall–Kier alpha value is 0.218. The minimum atomic E-state index is -11.8. The first-order valence-corrected chi connectivity index (χ1v) is 10.9. The molecule has 0 heterocycles. The van der Waals surface area contributed by atoms with Gasteiger partial charge in [-0.05, 0) is 0 Å². The number of halogens is 6. The summed E-state index contributed by atoms with van der Waals surface area (Å²) in [5.41, 5.74) is 0. The van der Waals surface area contributed by atoms with Crippen molar-refractivity contribution >= 4 is 40.2 Å². The number of rotatable bonds is 4. The second kappa shape index (κ2) is 2.91. The molecule has 15 heteroatoms. The van der Waals surface area contributed by atoms with Crippen LogP contribution in [0.15, 0.2) is 0 Å². The Balaban J connectivity index is 5.56. The van der Waals surface area contributed by atoms with E-state index in [0.29, 0.717) is 0 Å². The second-order valence-corrected chi connectivity index (χ2v) is 12.1. The normalized spacial score (nSPS) is 19.3. The Bertz CT molecular complexity index is 424. The molecule has 0 saturated carbocycles. The predicted octanol–water partition coefficient (Wildman–Crippen LogP) is 0.663. The summed E-state index contributed by atoms with van der Waals surface area (Å²) in [6, 6.07) is 0. The van der Waals surface area contributed by atoms with Gasteiger partial charge in [-0.2, -0.15) is 0 Å². The summed E-state index contributed by atoms with van der Waals surface area (Å²) in [6.07, 6.45) is 0. The Morgan fingerprint density at radius 3 is 1.07 bits per heavy atom. The van der Waals surface area contributed by atoms with Crippen molar-refractivity contribution < 1.29 is 40.8 Å². The van der Waals surface area contributed by atoms with Gasteiger partial charge in [0.2, 0.25) is 0 Å². The summed E-state index contributed by atoms with van der Waals surface area (Å²) >= 11 is -11.8. The Morgan fingerprint density at radius 2 is 0.933 bits per heavy atom. The van der Waals surface area contributed by atoms with Gasteiger partial charge < -0.3 is 0 Å². The van der Waals surface area contributed by atoms with E-state index in [1.807, 2.05) is 0 Å². The molecule has 0 unspecified atom stereocenters. The van der Waals surface area contributed by atoms with Crippen molar-refractivity contribution in [3.05, 3.63) is 0 Å². The van der Waals surface area contributed by atoms with E-state index in [9.17, 15) is 35.9 Å². The average Bonchev–Trinajstić information content (AvgIpc) is 1.36. The third kappa shape index (κ3) is 8.07. The topological polar surface area (TPSA) is 86.7 Å². The van der Waals surface area contributed by atoms with E-state index in [1.54, 1.807) is 0 Å². The van der Waals surface area contributed by atoms with Gasteiger partial charge >= 0.3 is 80.9 Å². The Morgan fingerprint density at radius 1 is 0.733 bits per heavy atom. The zero-order valence-corrected chi connectivity index (χ0v) is 10.2. The van der Waals surface area contributed by atoms with Gasteiger partial charge in [0.15, 0.2) is 0 Å². The van der Waals surface area contributed by atoms with E-state index in [1.165, 1.54) is 4.92 Å². The Labute approximate surface area is 81.0 Å². The first-order chi connectivity index (χ1) is 5.92. The molecule has 0 rings (SSSR count). The van der Waals surface area contributed by atoms with Crippen molar-refractivity contribution in [1.29, 1.82) is 0 Å². The molecule has 0 aliphatic rings. The van der Waals surface area contributed by atoms with E-state index in [2.05, 4.69) is 0 Å². The molecule has 0 spiro atoms. The molecule has 0 fully saturated rings. The number of hydrogen-bond acceptors (Lipinski definition) is 6. The van der Waals surface area contributed by atoms with Crippen LogP contribution in [0, 0.1) is 0 Å². The fraction of sp³-hybridized carbons (Fsp3) is 0. The van der Waals surface area contributed by atoms with E-state index < -0.39 is 40.2 Å². The molecule has 96 valence electrons. The summed E-state index contributed by atoms with van der Waals surface area (Å²) in [5, 5.41) is 0. The van der Waals surface area contributed by atoms with Crippen LogP contribution in [0.3, 0.4) is 0 Å². The van der Waals surface area contributed by atoms with Gasteiger partial charge in [0, 0.05) is 0 Å². The van der Waals surface area contributed by atoms with Crippen molar-refractivity contribution in [1.82, 2.24) is 0 Å². The molecule has 0 N–H and O–H groups in total. The molecule has 0 aliphatic heterocycles. The minimum absolute atomic E-state index is 1.37. The van der Waals surface area contributed by atoms with E-state index in [-0.39, 0.29) is 0 Å². The zero-order chi connectivity index (χ0) is 12.8. The van der Waals surface area contributed by atoms with E-state index >= 15 is 0 Å². The van der Waals surface area contributed by atoms with Gasteiger partial charge in [-0.1, -0.05) is 0 Å². The van der Waals surface area contributed by atoms with Crippen LogP contribution in [-0.4, -0.2) is 36.0 Å². The zero-order valence-electron chi connectivity index (χ0n) is 5.98. The molecule has 0 aromatic rings. The molecule has 15 heavy (non-hydrogen) atoms. The van der Waals surface area contributed by atoms with Crippen LogP contribution < -0.4 is 0 Å². The van der Waals surface area contributed by atoms with Crippen LogP contribution in [0.1, 0.15) is 0 Å². The van der Waals surface area contributed by atoms with E-state index in [4.69, 9.17) is 0 Å².